The average Bonchev–Trinajstić information content (AvgIpc) is 2.94. The highest BCUT2D eigenvalue weighted by molar-refractivity contribution is 7.11. The van der Waals surface area contributed by atoms with Gasteiger partial charge in [-0.3, -0.25) is 0 Å². The van der Waals surface area contributed by atoms with Gasteiger partial charge in [-0.1, -0.05) is 13.8 Å². The number of hydrogen-bond acceptors (Lipinski definition) is 4. The number of rotatable bonds is 5. The van der Waals surface area contributed by atoms with Gasteiger partial charge in [-0.25, -0.2) is 4.98 Å². The summed E-state index contributed by atoms with van der Waals surface area (Å²) in [7, 11) is 0. The second-order valence-corrected chi connectivity index (χ2v) is 6.73. The first-order valence-electron chi connectivity index (χ1n) is 6.29. The number of thiophene rings is 1. The first-order chi connectivity index (χ1) is 8.58. The van der Waals surface area contributed by atoms with Crippen LogP contribution >= 0.6 is 22.7 Å². The predicted molar refractivity (Wildman–Crippen MR) is 80.5 cm³/mol. The number of aryl methyl sites for hydroxylation is 1. The Kier molecular flexibility index (Phi) is 4.54. The number of aromatic nitrogens is 1. The van der Waals surface area contributed by atoms with Crippen LogP contribution in [0.4, 0.5) is 0 Å². The minimum atomic E-state index is 0.370. The first-order valence-corrected chi connectivity index (χ1v) is 8.05. The molecule has 1 N–H and O–H groups in total. The monoisotopic (exact) mass is 280 g/mol. The SMILES string of the molecule is Cc1nc(C(C)C)sc1[C@@H](C)NCc1ccsc1. The molecule has 0 fully saturated rings. The molecule has 0 spiro atoms. The van der Waals surface area contributed by atoms with Crippen molar-refractivity contribution in [1.82, 2.24) is 10.3 Å². The molecule has 2 aromatic rings. The van der Waals surface area contributed by atoms with Gasteiger partial charge in [-0.05, 0) is 36.2 Å². The summed E-state index contributed by atoms with van der Waals surface area (Å²) in [5, 5.41) is 9.13. The molecule has 0 radical (unpaired) electrons. The average molecular weight is 280 g/mol. The van der Waals surface area contributed by atoms with E-state index >= 15 is 0 Å². The van der Waals surface area contributed by atoms with Crippen LogP contribution in [0.15, 0.2) is 16.8 Å². The van der Waals surface area contributed by atoms with Gasteiger partial charge in [0.25, 0.3) is 0 Å². The highest BCUT2D eigenvalue weighted by Crippen LogP contribution is 2.29. The predicted octanol–water partition coefficient (Wildman–Crippen LogP) is 4.49. The van der Waals surface area contributed by atoms with Crippen LogP contribution in [0.1, 0.15) is 53.9 Å². The molecule has 2 aromatic heterocycles. The van der Waals surface area contributed by atoms with E-state index < -0.39 is 0 Å². The van der Waals surface area contributed by atoms with Gasteiger partial charge >= 0.3 is 0 Å². The minimum Gasteiger partial charge on any atom is -0.305 e. The molecule has 0 unspecified atom stereocenters. The quantitative estimate of drug-likeness (QED) is 0.873. The second kappa shape index (κ2) is 5.95. The summed E-state index contributed by atoms with van der Waals surface area (Å²) >= 11 is 3.59. The third-order valence-corrected chi connectivity index (χ3v) is 5.30. The first kappa shape index (κ1) is 13.7. The Balaban J connectivity index is 2.02. The smallest absolute Gasteiger partial charge is 0.0956 e. The number of hydrogen-bond donors (Lipinski definition) is 1. The van der Waals surface area contributed by atoms with E-state index in [9.17, 15) is 0 Å². The third-order valence-electron chi connectivity index (χ3n) is 2.93. The largest absolute Gasteiger partial charge is 0.305 e. The molecule has 0 saturated carbocycles. The van der Waals surface area contributed by atoms with Crippen LogP contribution in [-0.4, -0.2) is 4.98 Å². The molecule has 0 bridgehead atoms. The Morgan fingerprint density at radius 2 is 2.11 bits per heavy atom. The van der Waals surface area contributed by atoms with Crippen molar-refractivity contribution in [2.75, 3.05) is 0 Å². The summed E-state index contributed by atoms with van der Waals surface area (Å²) in [4.78, 5) is 6.03. The van der Waals surface area contributed by atoms with E-state index in [2.05, 4.69) is 54.8 Å². The van der Waals surface area contributed by atoms with Crippen molar-refractivity contribution in [2.45, 2.75) is 46.2 Å². The lowest BCUT2D eigenvalue weighted by molar-refractivity contribution is 0.580. The molecule has 0 aliphatic heterocycles. The van der Waals surface area contributed by atoms with Crippen LogP contribution in [0.25, 0.3) is 0 Å². The van der Waals surface area contributed by atoms with Crippen LogP contribution < -0.4 is 5.32 Å². The molecule has 2 rings (SSSR count). The number of nitrogens with one attached hydrogen (secondary N) is 1. The maximum absolute atomic E-state index is 4.66. The fraction of sp³-hybridized carbons (Fsp3) is 0.500. The van der Waals surface area contributed by atoms with E-state index in [0.717, 1.165) is 6.54 Å². The van der Waals surface area contributed by atoms with Crippen LogP contribution in [0.3, 0.4) is 0 Å². The zero-order chi connectivity index (χ0) is 13.1. The van der Waals surface area contributed by atoms with E-state index in [-0.39, 0.29) is 0 Å². The van der Waals surface area contributed by atoms with Crippen LogP contribution in [-0.2, 0) is 6.54 Å². The molecular formula is C14H20N2S2. The molecule has 2 nitrogen and oxygen atoms in total. The van der Waals surface area contributed by atoms with Crippen LogP contribution in [0.2, 0.25) is 0 Å². The summed E-state index contributed by atoms with van der Waals surface area (Å²) in [6, 6.07) is 2.54. The normalized spacial score (nSPS) is 13.2. The van der Waals surface area contributed by atoms with E-state index in [0.29, 0.717) is 12.0 Å². The van der Waals surface area contributed by atoms with Gasteiger partial charge < -0.3 is 5.32 Å². The van der Waals surface area contributed by atoms with Gasteiger partial charge in [0.05, 0.1) is 10.7 Å². The highest BCUT2D eigenvalue weighted by Gasteiger charge is 2.15. The maximum atomic E-state index is 4.66. The Hall–Kier alpha value is -0.710. The fourth-order valence-corrected chi connectivity index (χ4v) is 3.60. The highest BCUT2D eigenvalue weighted by atomic mass is 32.1. The molecule has 0 aliphatic rings. The molecule has 0 aliphatic carbocycles. The maximum Gasteiger partial charge on any atom is 0.0956 e. The summed E-state index contributed by atoms with van der Waals surface area (Å²) in [5.41, 5.74) is 2.53. The molecule has 18 heavy (non-hydrogen) atoms. The molecule has 4 heteroatoms. The fourth-order valence-electron chi connectivity index (χ4n) is 1.84. The molecule has 1 atom stereocenters. The summed E-state index contributed by atoms with van der Waals surface area (Å²) in [5.74, 6) is 0.520. The van der Waals surface area contributed by atoms with Crippen LogP contribution in [0, 0.1) is 6.92 Å². The molecule has 0 saturated heterocycles. The van der Waals surface area contributed by atoms with Crippen molar-refractivity contribution in [1.29, 1.82) is 0 Å². The standard InChI is InChI=1S/C14H20N2S2/c1-9(2)14-16-11(4)13(18-14)10(3)15-7-12-5-6-17-8-12/h5-6,8-10,15H,7H2,1-4H3/t10-/m1/s1. The molecule has 0 amide bonds. The summed E-state index contributed by atoms with van der Waals surface area (Å²) < 4.78 is 0. The van der Waals surface area contributed by atoms with Crippen molar-refractivity contribution >= 4 is 22.7 Å². The molecule has 98 valence electrons. The molecule has 0 aromatic carbocycles. The Labute approximate surface area is 117 Å². The topological polar surface area (TPSA) is 24.9 Å². The Morgan fingerprint density at radius 1 is 1.33 bits per heavy atom. The van der Waals surface area contributed by atoms with E-state index in [1.165, 1.54) is 21.1 Å². The lowest BCUT2D eigenvalue weighted by Gasteiger charge is -2.12. The van der Waals surface area contributed by atoms with Gasteiger partial charge in [0, 0.05) is 23.4 Å². The Bertz CT molecular complexity index is 486. The third kappa shape index (κ3) is 3.19. The van der Waals surface area contributed by atoms with Gasteiger partial charge in [0.15, 0.2) is 0 Å². The number of thiazole rings is 1. The summed E-state index contributed by atoms with van der Waals surface area (Å²) in [6.07, 6.45) is 0. The van der Waals surface area contributed by atoms with Crippen molar-refractivity contribution in [3.63, 3.8) is 0 Å². The molecule has 2 heterocycles. The lowest BCUT2D eigenvalue weighted by atomic mass is 10.2. The van der Waals surface area contributed by atoms with Gasteiger partial charge in [-0.15, -0.1) is 11.3 Å². The van der Waals surface area contributed by atoms with E-state index in [4.69, 9.17) is 0 Å². The molecular weight excluding hydrogens is 260 g/mol. The second-order valence-electron chi connectivity index (χ2n) is 4.89. The minimum absolute atomic E-state index is 0.370. The van der Waals surface area contributed by atoms with E-state index in [1.54, 1.807) is 11.3 Å². The van der Waals surface area contributed by atoms with Gasteiger partial charge in [0.2, 0.25) is 0 Å². The summed E-state index contributed by atoms with van der Waals surface area (Å²) in [6.45, 7) is 9.66. The van der Waals surface area contributed by atoms with Crippen molar-refractivity contribution < 1.29 is 0 Å². The number of nitrogens with zero attached hydrogens (tertiary/aromatic N) is 1. The van der Waals surface area contributed by atoms with Crippen molar-refractivity contribution in [3.8, 4) is 0 Å². The van der Waals surface area contributed by atoms with E-state index in [1.807, 2.05) is 11.3 Å². The lowest BCUT2D eigenvalue weighted by Crippen LogP contribution is -2.17. The Morgan fingerprint density at radius 3 is 2.67 bits per heavy atom. The van der Waals surface area contributed by atoms with Gasteiger partial charge in [0.1, 0.15) is 0 Å². The zero-order valence-electron chi connectivity index (χ0n) is 11.4. The zero-order valence-corrected chi connectivity index (χ0v) is 13.0. The van der Waals surface area contributed by atoms with Crippen molar-refractivity contribution in [3.05, 3.63) is 38.0 Å². The van der Waals surface area contributed by atoms with Gasteiger partial charge in [-0.2, -0.15) is 11.3 Å². The van der Waals surface area contributed by atoms with Crippen molar-refractivity contribution in [2.24, 2.45) is 0 Å². The van der Waals surface area contributed by atoms with Crippen LogP contribution in [0.5, 0.6) is 0 Å².